The predicted octanol–water partition coefficient (Wildman–Crippen LogP) is 3.49. The second kappa shape index (κ2) is 5.63. The van der Waals surface area contributed by atoms with E-state index in [4.69, 9.17) is 11.6 Å². The van der Waals surface area contributed by atoms with Crippen LogP contribution in [0.25, 0.3) is 0 Å². The Hall–Kier alpha value is -0.520. The van der Waals surface area contributed by atoms with Crippen LogP contribution in [0.4, 0.5) is 5.69 Å². The molecule has 0 saturated carbocycles. The van der Waals surface area contributed by atoms with Gasteiger partial charge in [0.15, 0.2) is 5.12 Å². The summed E-state index contributed by atoms with van der Waals surface area (Å²) in [5.74, 6) is 0.00810. The van der Waals surface area contributed by atoms with Gasteiger partial charge in [-0.25, -0.2) is 0 Å². The summed E-state index contributed by atoms with van der Waals surface area (Å²) in [7, 11) is 0. The zero-order valence-electron chi connectivity index (χ0n) is 9.65. The number of hydrogen-bond acceptors (Lipinski definition) is 3. The summed E-state index contributed by atoms with van der Waals surface area (Å²) in [6.07, 6.45) is 0.382. The fourth-order valence-corrected chi connectivity index (χ4v) is 3.42. The highest BCUT2D eigenvalue weighted by Crippen LogP contribution is 2.36. The van der Waals surface area contributed by atoms with E-state index in [2.05, 4.69) is 15.9 Å². The van der Waals surface area contributed by atoms with Crippen LogP contribution >= 0.6 is 39.3 Å². The van der Waals surface area contributed by atoms with Crippen LogP contribution in [0.2, 0.25) is 5.02 Å². The number of nitrogens with zero attached hydrogens (tertiary/aromatic N) is 1. The van der Waals surface area contributed by atoms with Crippen molar-refractivity contribution in [2.45, 2.75) is 18.6 Å². The predicted molar refractivity (Wildman–Crippen MR) is 78.2 cm³/mol. The number of anilines is 1. The molecule has 1 saturated heterocycles. The van der Waals surface area contributed by atoms with Crippen LogP contribution in [0.5, 0.6) is 0 Å². The van der Waals surface area contributed by atoms with E-state index in [-0.39, 0.29) is 16.3 Å². The van der Waals surface area contributed by atoms with Crippen LogP contribution in [0.15, 0.2) is 22.7 Å². The molecule has 0 bridgehead atoms. The van der Waals surface area contributed by atoms with E-state index >= 15 is 0 Å². The third-order valence-electron chi connectivity index (χ3n) is 2.64. The van der Waals surface area contributed by atoms with Gasteiger partial charge < -0.3 is 4.90 Å². The molecule has 1 aliphatic heterocycles. The van der Waals surface area contributed by atoms with Crippen LogP contribution in [0, 0.1) is 0 Å². The topological polar surface area (TPSA) is 37.4 Å². The number of carbonyl (C=O) groups excluding carboxylic acids is 2. The lowest BCUT2D eigenvalue weighted by Gasteiger charge is -2.18. The first-order valence-electron chi connectivity index (χ1n) is 5.40. The van der Waals surface area contributed by atoms with Gasteiger partial charge in [0.2, 0.25) is 5.91 Å². The van der Waals surface area contributed by atoms with Crippen LogP contribution in [-0.2, 0) is 9.59 Å². The number of carbonyl (C=O) groups is 2. The van der Waals surface area contributed by atoms with Crippen LogP contribution in [0.3, 0.4) is 0 Å². The number of halogens is 2. The molecule has 1 heterocycles. The highest BCUT2D eigenvalue weighted by Gasteiger charge is 2.33. The van der Waals surface area contributed by atoms with Crippen molar-refractivity contribution in [2.75, 3.05) is 11.4 Å². The lowest BCUT2D eigenvalue weighted by molar-refractivity contribution is -0.117. The van der Waals surface area contributed by atoms with Crippen molar-refractivity contribution in [1.29, 1.82) is 0 Å². The maximum Gasteiger partial charge on any atom is 0.228 e. The second-order valence-corrected chi connectivity index (χ2v) is 6.72. The van der Waals surface area contributed by atoms with E-state index in [1.54, 1.807) is 4.90 Å². The molecule has 3 nitrogen and oxygen atoms in total. The Balaban J connectivity index is 2.22. The van der Waals surface area contributed by atoms with E-state index < -0.39 is 0 Å². The number of hydrogen-bond donors (Lipinski definition) is 0. The third-order valence-corrected chi connectivity index (χ3v) is 4.91. The monoisotopic (exact) mass is 347 g/mol. The largest absolute Gasteiger partial charge is 0.310 e. The molecule has 1 fully saturated rings. The van der Waals surface area contributed by atoms with E-state index in [1.807, 2.05) is 18.2 Å². The summed E-state index contributed by atoms with van der Waals surface area (Å²) in [5, 5.41) is 0.583. The molecule has 1 aliphatic rings. The molecule has 18 heavy (non-hydrogen) atoms. The smallest absolute Gasteiger partial charge is 0.228 e. The molecule has 1 aromatic carbocycles. The summed E-state index contributed by atoms with van der Waals surface area (Å²) < 4.78 is 0.761. The minimum absolute atomic E-state index is 0.00810. The van der Waals surface area contributed by atoms with E-state index in [0.717, 1.165) is 4.47 Å². The van der Waals surface area contributed by atoms with Gasteiger partial charge in [-0.2, -0.15) is 0 Å². The average Bonchev–Trinajstić information content (AvgIpc) is 2.62. The van der Waals surface area contributed by atoms with Gasteiger partial charge >= 0.3 is 0 Å². The fraction of sp³-hybridized carbons (Fsp3) is 0.333. The highest BCUT2D eigenvalue weighted by molar-refractivity contribution is 9.10. The first-order valence-corrected chi connectivity index (χ1v) is 7.45. The standard InChI is InChI=1S/C12H11BrClNO2S/c1-7(16)18-8-5-11(17)15(6-8)10-4-2-3-9(13)12(10)14/h2-4,8H,5-6H2,1H3. The quantitative estimate of drug-likeness (QED) is 0.821. The van der Waals surface area contributed by atoms with Gasteiger partial charge in [-0.1, -0.05) is 29.4 Å². The van der Waals surface area contributed by atoms with Crippen molar-refractivity contribution in [3.8, 4) is 0 Å². The van der Waals surface area contributed by atoms with Gasteiger partial charge in [-0.15, -0.1) is 0 Å². The summed E-state index contributed by atoms with van der Waals surface area (Å²) in [6.45, 7) is 2.04. The van der Waals surface area contributed by atoms with E-state index in [0.29, 0.717) is 23.7 Å². The Kier molecular flexibility index (Phi) is 4.35. The second-order valence-electron chi connectivity index (χ2n) is 4.01. The molecule has 1 amide bonds. The van der Waals surface area contributed by atoms with Crippen molar-refractivity contribution in [2.24, 2.45) is 0 Å². The number of benzene rings is 1. The van der Waals surface area contributed by atoms with Gasteiger partial charge in [0.05, 0.1) is 10.7 Å². The van der Waals surface area contributed by atoms with Gasteiger partial charge in [0.1, 0.15) is 0 Å². The molecule has 1 unspecified atom stereocenters. The van der Waals surface area contributed by atoms with Gasteiger partial charge in [0, 0.05) is 29.6 Å². The van der Waals surface area contributed by atoms with Crippen LogP contribution in [0.1, 0.15) is 13.3 Å². The number of thioether (sulfide) groups is 1. The molecule has 0 aliphatic carbocycles. The molecule has 0 N–H and O–H groups in total. The first-order chi connectivity index (χ1) is 8.49. The van der Waals surface area contributed by atoms with Gasteiger partial charge in [-0.05, 0) is 28.1 Å². The molecule has 1 atom stereocenters. The number of rotatable bonds is 2. The SMILES string of the molecule is CC(=O)SC1CC(=O)N(c2cccc(Br)c2Cl)C1. The fourth-order valence-electron chi connectivity index (χ4n) is 1.92. The van der Waals surface area contributed by atoms with E-state index in [9.17, 15) is 9.59 Å². The van der Waals surface area contributed by atoms with Crippen LogP contribution < -0.4 is 4.90 Å². The zero-order chi connectivity index (χ0) is 13.3. The maximum atomic E-state index is 12.0. The number of amides is 1. The molecule has 6 heteroatoms. The highest BCUT2D eigenvalue weighted by atomic mass is 79.9. The normalized spacial score (nSPS) is 19.4. The molecule has 0 radical (unpaired) electrons. The Morgan fingerprint density at radius 2 is 2.28 bits per heavy atom. The summed E-state index contributed by atoms with van der Waals surface area (Å²) in [5.41, 5.74) is 0.697. The molecule has 1 aromatic rings. The molecular weight excluding hydrogens is 338 g/mol. The van der Waals surface area contributed by atoms with Gasteiger partial charge in [-0.3, -0.25) is 9.59 Å². The molecule has 2 rings (SSSR count). The van der Waals surface area contributed by atoms with Crippen molar-refractivity contribution >= 4 is 56.0 Å². The minimum atomic E-state index is 0.00810. The maximum absolute atomic E-state index is 12.0. The first kappa shape index (κ1) is 13.9. The van der Waals surface area contributed by atoms with Gasteiger partial charge in [0.25, 0.3) is 0 Å². The Morgan fingerprint density at radius 3 is 2.94 bits per heavy atom. The Morgan fingerprint density at radius 1 is 1.56 bits per heavy atom. The van der Waals surface area contributed by atoms with Crippen LogP contribution in [-0.4, -0.2) is 22.8 Å². The molecule has 0 spiro atoms. The summed E-state index contributed by atoms with van der Waals surface area (Å²) in [6, 6.07) is 5.48. The Labute approximate surface area is 123 Å². The molecule has 96 valence electrons. The zero-order valence-corrected chi connectivity index (χ0v) is 12.8. The average molecular weight is 349 g/mol. The van der Waals surface area contributed by atoms with E-state index in [1.165, 1.54) is 18.7 Å². The minimum Gasteiger partial charge on any atom is -0.310 e. The lowest BCUT2D eigenvalue weighted by Crippen LogP contribution is -2.25. The summed E-state index contributed by atoms with van der Waals surface area (Å²) >= 11 is 10.7. The molecule has 0 aromatic heterocycles. The van der Waals surface area contributed by atoms with Crippen molar-refractivity contribution < 1.29 is 9.59 Å². The lowest BCUT2D eigenvalue weighted by atomic mass is 10.3. The van der Waals surface area contributed by atoms with Crippen molar-refractivity contribution in [3.63, 3.8) is 0 Å². The van der Waals surface area contributed by atoms with Crippen molar-refractivity contribution in [1.82, 2.24) is 0 Å². The van der Waals surface area contributed by atoms with Crippen molar-refractivity contribution in [3.05, 3.63) is 27.7 Å². The third kappa shape index (κ3) is 2.90. The Bertz CT molecular complexity index is 509. The summed E-state index contributed by atoms with van der Waals surface area (Å²) in [4.78, 5) is 24.7. The molecular formula is C12H11BrClNO2S.